The Hall–Kier alpha value is -6.60. The fourth-order valence-corrected chi connectivity index (χ4v) is 6.28. The molecular weight excluding hydrogens is 1050 g/mol. The highest BCUT2D eigenvalue weighted by molar-refractivity contribution is 6.14. The monoisotopic (exact) mass is 1140 g/mol. The van der Waals surface area contributed by atoms with Crippen molar-refractivity contribution in [3.63, 3.8) is 0 Å². The number of hydrogen-bond donors (Lipinski definition) is 5. The van der Waals surface area contributed by atoms with Crippen LogP contribution < -0.4 is 31.5 Å². The Morgan fingerprint density at radius 2 is 0.924 bits per heavy atom. The molecule has 0 heterocycles. The average molecular weight is 1140 g/mol. The van der Waals surface area contributed by atoms with Crippen LogP contribution in [0.15, 0.2) is 72.8 Å². The highest BCUT2D eigenvalue weighted by Crippen LogP contribution is 2.39. The quantitative estimate of drug-likeness (QED) is 0.0543. The standard InChI is InChI=1S/C34H47F2N3O7.C19H23F2N3O.C2H6O.2C2H6.ClH/c1-31(2,3)19-25(40)37-23-17-18-24(38(28(41)44-32(4,5)6)20-21-13-15-22(35)16-14-21)26(36)27(23)39(29(42)45-33(7,8)9)30(43)46-34(10,11)12;1-19(2,3)10-16(25)24-15-9-8-14(17(21)18(15)22)23-11-12-4-6-13(20)7-5-12;1-2-3;2*1-2;/h13-18H,19-20H2,1-12H3,(H,37,40);4-9,23H,10-11,22H2,1-3H3,(H,24,25);3H,2H2,1H3;2*1-2H3;1H/i;;;1D;;. The summed E-state index contributed by atoms with van der Waals surface area (Å²) in [6.45, 7) is 33.8. The van der Waals surface area contributed by atoms with Crippen LogP contribution >= 0.6 is 12.4 Å². The first-order valence-electron chi connectivity index (χ1n) is 26.4. The first kappa shape index (κ1) is 72.4. The van der Waals surface area contributed by atoms with Crippen LogP contribution in [0.3, 0.4) is 0 Å². The Bertz CT molecular complexity index is 2550. The lowest BCUT2D eigenvalue weighted by Gasteiger charge is -2.32. The Labute approximate surface area is 474 Å². The highest BCUT2D eigenvalue weighted by Gasteiger charge is 2.39. The number of anilines is 6. The maximum Gasteiger partial charge on any atom is 0.424 e. The summed E-state index contributed by atoms with van der Waals surface area (Å²) in [6, 6.07) is 16.7. The van der Waals surface area contributed by atoms with Crippen LogP contribution in [0, 0.1) is 34.1 Å². The van der Waals surface area contributed by atoms with E-state index in [1.807, 2.05) is 55.4 Å². The van der Waals surface area contributed by atoms with E-state index in [0.717, 1.165) is 10.5 Å². The molecule has 0 spiro atoms. The normalized spacial score (nSPS) is 11.2. The van der Waals surface area contributed by atoms with Gasteiger partial charge in [-0.3, -0.25) is 14.5 Å². The molecule has 0 saturated heterocycles. The van der Waals surface area contributed by atoms with Gasteiger partial charge in [0.15, 0.2) is 11.6 Å². The average Bonchev–Trinajstić information content (AvgIpc) is 3.28. The third-order valence-electron chi connectivity index (χ3n) is 9.14. The topological polar surface area (TPSA) is 202 Å². The van der Waals surface area contributed by atoms with Gasteiger partial charge >= 0.3 is 18.3 Å². The van der Waals surface area contributed by atoms with Crippen LogP contribution in [0.2, 0.25) is 0 Å². The number of carbonyl (C=O) groups is 5. The van der Waals surface area contributed by atoms with E-state index in [9.17, 15) is 37.1 Å². The second-order valence-corrected chi connectivity index (χ2v) is 22.5. The van der Waals surface area contributed by atoms with Crippen molar-refractivity contribution in [3.05, 3.63) is 107 Å². The molecule has 79 heavy (non-hydrogen) atoms. The third kappa shape index (κ3) is 28.7. The molecule has 444 valence electrons. The third-order valence-corrected chi connectivity index (χ3v) is 9.14. The molecule has 5 amide bonds. The number of nitrogens with zero attached hydrogens (tertiary/aromatic N) is 2. The zero-order valence-corrected chi connectivity index (χ0v) is 50.6. The largest absolute Gasteiger partial charge is 0.443 e. The number of halogens is 5. The predicted octanol–water partition coefficient (Wildman–Crippen LogP) is 16.0. The first-order valence-corrected chi connectivity index (χ1v) is 25.6. The summed E-state index contributed by atoms with van der Waals surface area (Å²) >= 11 is 0. The van der Waals surface area contributed by atoms with Gasteiger partial charge in [-0.15, -0.1) is 12.4 Å². The summed E-state index contributed by atoms with van der Waals surface area (Å²) in [5, 5.41) is 15.7. The van der Waals surface area contributed by atoms with Gasteiger partial charge in [0.2, 0.25) is 11.8 Å². The van der Waals surface area contributed by atoms with Crippen molar-refractivity contribution >= 4 is 76.6 Å². The summed E-state index contributed by atoms with van der Waals surface area (Å²) in [5.41, 5.74) is 2.16. The Morgan fingerprint density at radius 3 is 1.32 bits per heavy atom. The minimum Gasteiger partial charge on any atom is -0.443 e. The maximum absolute atomic E-state index is 17.1. The predicted molar refractivity (Wildman–Crippen MR) is 313 cm³/mol. The molecule has 0 saturated carbocycles. The second kappa shape index (κ2) is 33.1. The number of hydrogen-bond acceptors (Lipinski definition) is 11. The van der Waals surface area contributed by atoms with Crippen LogP contribution in [-0.2, 0) is 36.9 Å². The number of nitrogen functional groups attached to an aromatic ring is 1. The van der Waals surface area contributed by atoms with Gasteiger partial charge in [-0.25, -0.2) is 31.9 Å². The van der Waals surface area contributed by atoms with Crippen molar-refractivity contribution in [1.82, 2.24) is 0 Å². The lowest BCUT2D eigenvalue weighted by Crippen LogP contribution is -2.45. The molecule has 0 atom stereocenters. The van der Waals surface area contributed by atoms with Gasteiger partial charge in [-0.1, -0.05) is 93.5 Å². The van der Waals surface area contributed by atoms with E-state index in [1.54, 1.807) is 94.4 Å². The molecule has 6 N–H and O–H groups in total. The van der Waals surface area contributed by atoms with Crippen molar-refractivity contribution in [2.45, 2.75) is 181 Å². The number of aliphatic hydroxyl groups excluding tert-OH is 1. The number of nitrogens with one attached hydrogen (secondary N) is 3. The number of nitrogens with two attached hydrogens (primary N) is 1. The van der Waals surface area contributed by atoms with Crippen LogP contribution in [0.4, 0.5) is 66.1 Å². The molecular formula is C59H89ClF4N6O9. The highest BCUT2D eigenvalue weighted by atomic mass is 35.5. The molecule has 0 bridgehead atoms. The minimum atomic E-state index is -1.29. The first-order chi connectivity index (χ1) is 36.2. The Kier molecular flexibility index (Phi) is 30.3. The number of ether oxygens (including phenoxy) is 3. The molecule has 20 heteroatoms. The number of amides is 5. The summed E-state index contributed by atoms with van der Waals surface area (Å²) in [5.74, 6) is -3.44. The molecule has 0 unspecified atom stereocenters. The fourth-order valence-electron chi connectivity index (χ4n) is 6.28. The molecule has 0 fully saturated rings. The van der Waals surface area contributed by atoms with Gasteiger partial charge < -0.3 is 41.0 Å². The van der Waals surface area contributed by atoms with E-state index in [2.05, 4.69) is 16.0 Å². The molecule has 15 nitrogen and oxygen atoms in total. The molecule has 0 aliphatic heterocycles. The van der Waals surface area contributed by atoms with Gasteiger partial charge in [0.25, 0.3) is 0 Å². The van der Waals surface area contributed by atoms with Gasteiger partial charge in [0.1, 0.15) is 34.1 Å². The van der Waals surface area contributed by atoms with Crippen LogP contribution in [-0.4, -0.2) is 58.6 Å². The van der Waals surface area contributed by atoms with Crippen molar-refractivity contribution in [3.8, 4) is 0 Å². The number of aliphatic hydroxyl groups is 1. The van der Waals surface area contributed by atoms with E-state index in [1.165, 1.54) is 54.6 Å². The van der Waals surface area contributed by atoms with Gasteiger partial charge in [0.05, 0.1) is 35.0 Å². The maximum atomic E-state index is 17.1. The molecule has 0 radical (unpaired) electrons. The zero-order chi connectivity index (χ0) is 61.4. The summed E-state index contributed by atoms with van der Waals surface area (Å²) in [6.07, 6.45) is -3.22. The summed E-state index contributed by atoms with van der Waals surface area (Å²) in [4.78, 5) is 67.1. The SMILES string of the molecule is CC.CC(C)(C)CC(=O)Nc1ccc(N(Cc2ccc(F)cc2)C(=O)OC(C)(C)C)c(F)c1N(C(=O)OC(C)(C)C)C(=O)OC(C)(C)C.CC(C)(C)CC(=O)Nc1ccc(NCc2ccc(F)cc2)c(F)c1N.CCO.Cl.[2H]CC. The van der Waals surface area contributed by atoms with Crippen molar-refractivity contribution in [1.29, 1.82) is 0 Å². The summed E-state index contributed by atoms with van der Waals surface area (Å²) < 4.78 is 80.7. The van der Waals surface area contributed by atoms with Crippen LogP contribution in [0.25, 0.3) is 0 Å². The van der Waals surface area contributed by atoms with Crippen LogP contribution in [0.5, 0.6) is 0 Å². The van der Waals surface area contributed by atoms with Crippen molar-refractivity contribution in [2.24, 2.45) is 10.8 Å². The van der Waals surface area contributed by atoms with Crippen molar-refractivity contribution < 1.29 is 62.2 Å². The molecule has 4 aromatic rings. The summed E-state index contributed by atoms with van der Waals surface area (Å²) in [7, 11) is 0. The van der Waals surface area contributed by atoms with Gasteiger partial charge in [-0.2, -0.15) is 4.90 Å². The van der Waals surface area contributed by atoms with Crippen molar-refractivity contribution in [2.75, 3.05) is 38.1 Å². The fraction of sp³-hybridized carbons (Fsp3) is 0.508. The minimum absolute atomic E-state index is 0. The Morgan fingerprint density at radius 1 is 0.570 bits per heavy atom. The van der Waals surface area contributed by atoms with E-state index in [4.69, 9.17) is 26.4 Å². The lowest BCUT2D eigenvalue weighted by atomic mass is 9.92. The second-order valence-electron chi connectivity index (χ2n) is 22.5. The lowest BCUT2D eigenvalue weighted by molar-refractivity contribution is -0.118. The molecule has 0 aromatic heterocycles. The van der Waals surface area contributed by atoms with Crippen LogP contribution in [0.1, 0.15) is 164 Å². The van der Waals surface area contributed by atoms with E-state index in [-0.39, 0.29) is 71.9 Å². The Balaban J connectivity index is 0. The smallest absolute Gasteiger partial charge is 0.424 e. The number of carbonyl (C=O) groups excluding carboxylic acids is 5. The van der Waals surface area contributed by atoms with E-state index >= 15 is 4.39 Å². The number of imide groups is 1. The number of rotatable bonds is 11. The zero-order valence-electron chi connectivity index (χ0n) is 50.8. The van der Waals surface area contributed by atoms with E-state index in [0.29, 0.717) is 30.3 Å². The molecule has 0 aliphatic carbocycles. The van der Waals surface area contributed by atoms with Gasteiger partial charge in [-0.05, 0) is 140 Å². The molecule has 4 aromatic carbocycles. The molecule has 0 aliphatic rings. The van der Waals surface area contributed by atoms with Gasteiger partial charge in [0, 0.05) is 27.4 Å². The molecule has 4 rings (SSSR count). The van der Waals surface area contributed by atoms with E-state index < -0.39 is 75.2 Å². The number of benzene rings is 4.